The second-order valence-electron chi connectivity index (χ2n) is 6.18. The van der Waals surface area contributed by atoms with Crippen LogP contribution in [0.15, 0.2) is 24.3 Å². The normalized spacial score (nSPS) is 10.8. The van der Waals surface area contributed by atoms with Crippen molar-refractivity contribution in [3.05, 3.63) is 50.4 Å². The average molecular weight is 403 g/mol. The minimum absolute atomic E-state index is 0.204. The number of amides is 1. The average Bonchev–Trinajstić information content (AvgIpc) is 3.25. The number of aryl methyl sites for hydroxylation is 3. The molecule has 0 unspecified atom stereocenters. The Morgan fingerprint density at radius 3 is 2.63 bits per heavy atom. The number of benzene rings is 1. The smallest absolute Gasteiger partial charge is 0.269 e. The Morgan fingerprint density at radius 1 is 1.11 bits per heavy atom. The van der Waals surface area contributed by atoms with E-state index in [-0.39, 0.29) is 5.91 Å². The van der Waals surface area contributed by atoms with Gasteiger partial charge in [0.15, 0.2) is 0 Å². The second kappa shape index (κ2) is 9.05. The number of anilines is 1. The number of ether oxygens (including phenoxy) is 1. The Labute approximate surface area is 166 Å². The monoisotopic (exact) mass is 402 g/mol. The molecule has 0 aliphatic rings. The summed E-state index contributed by atoms with van der Waals surface area (Å²) in [5.74, 6) is 0.581. The fraction of sp³-hybridized carbons (Fsp3) is 0.368. The number of thiazole rings is 1. The van der Waals surface area contributed by atoms with Crippen LogP contribution in [0.25, 0.3) is 0 Å². The van der Waals surface area contributed by atoms with Crippen LogP contribution in [0.1, 0.15) is 50.7 Å². The molecule has 6 nitrogen and oxygen atoms in total. The molecule has 3 rings (SSSR count). The molecule has 1 N–H and O–H groups in total. The van der Waals surface area contributed by atoms with Crippen molar-refractivity contribution in [3.63, 3.8) is 0 Å². The van der Waals surface area contributed by atoms with Crippen molar-refractivity contribution >= 4 is 33.7 Å². The summed E-state index contributed by atoms with van der Waals surface area (Å²) in [6.07, 6.45) is 3.07. The Kier molecular flexibility index (Phi) is 6.52. The zero-order valence-electron chi connectivity index (χ0n) is 15.6. The molecule has 27 heavy (non-hydrogen) atoms. The van der Waals surface area contributed by atoms with Gasteiger partial charge >= 0.3 is 0 Å². The van der Waals surface area contributed by atoms with Gasteiger partial charge in [-0.3, -0.25) is 10.1 Å². The van der Waals surface area contributed by atoms with Crippen LogP contribution in [0.5, 0.6) is 5.75 Å². The van der Waals surface area contributed by atoms with Gasteiger partial charge in [-0.1, -0.05) is 42.4 Å². The molecule has 2 aromatic heterocycles. The van der Waals surface area contributed by atoms with Crippen molar-refractivity contribution < 1.29 is 9.53 Å². The van der Waals surface area contributed by atoms with Gasteiger partial charge in [-0.25, -0.2) is 4.98 Å². The number of aromatic nitrogens is 3. The molecular formula is C19H22N4O2S2. The van der Waals surface area contributed by atoms with Crippen LogP contribution in [-0.4, -0.2) is 21.1 Å². The highest BCUT2D eigenvalue weighted by Gasteiger charge is 2.17. The summed E-state index contributed by atoms with van der Waals surface area (Å²) in [5, 5.41) is 13.2. The standard InChI is InChI=1S/C19H22N4O2S2/c1-4-5-6-15-22-23-19(27-15)21-18(24)17-13(3)20-16(26-17)11-25-14-9-7-12(2)8-10-14/h7-10H,4-6,11H2,1-3H3,(H,21,23,24). The van der Waals surface area contributed by atoms with Gasteiger partial charge in [0.05, 0.1) is 5.69 Å². The van der Waals surface area contributed by atoms with Gasteiger partial charge < -0.3 is 4.74 Å². The molecule has 0 atom stereocenters. The molecule has 142 valence electrons. The van der Waals surface area contributed by atoms with Gasteiger partial charge in [-0.2, -0.15) is 0 Å². The van der Waals surface area contributed by atoms with Crippen LogP contribution in [0.3, 0.4) is 0 Å². The molecule has 2 heterocycles. The number of hydrogen-bond acceptors (Lipinski definition) is 7. The molecule has 0 saturated heterocycles. The van der Waals surface area contributed by atoms with E-state index in [1.54, 1.807) is 0 Å². The molecule has 0 saturated carbocycles. The summed E-state index contributed by atoms with van der Waals surface area (Å²) in [7, 11) is 0. The van der Waals surface area contributed by atoms with Gasteiger partial charge in [0, 0.05) is 6.42 Å². The van der Waals surface area contributed by atoms with Crippen LogP contribution in [-0.2, 0) is 13.0 Å². The number of hydrogen-bond donors (Lipinski definition) is 1. The van der Waals surface area contributed by atoms with Gasteiger partial charge in [0.25, 0.3) is 5.91 Å². The first-order valence-corrected chi connectivity index (χ1v) is 10.5. The lowest BCUT2D eigenvalue weighted by Crippen LogP contribution is -2.11. The minimum atomic E-state index is -0.204. The highest BCUT2D eigenvalue weighted by Crippen LogP contribution is 2.23. The Bertz CT molecular complexity index is 903. The summed E-state index contributed by atoms with van der Waals surface area (Å²) < 4.78 is 5.75. The van der Waals surface area contributed by atoms with E-state index in [1.807, 2.05) is 38.1 Å². The SMILES string of the molecule is CCCCc1nnc(NC(=O)c2sc(COc3ccc(C)cc3)nc2C)s1. The lowest BCUT2D eigenvalue weighted by atomic mass is 10.2. The molecule has 0 spiro atoms. The number of nitrogens with zero attached hydrogens (tertiary/aromatic N) is 3. The summed E-state index contributed by atoms with van der Waals surface area (Å²) in [4.78, 5) is 17.6. The molecule has 1 amide bonds. The van der Waals surface area contributed by atoms with E-state index in [2.05, 4.69) is 27.4 Å². The van der Waals surface area contributed by atoms with E-state index < -0.39 is 0 Å². The highest BCUT2D eigenvalue weighted by molar-refractivity contribution is 7.16. The third kappa shape index (κ3) is 5.33. The molecule has 0 radical (unpaired) electrons. The predicted molar refractivity (Wildman–Crippen MR) is 109 cm³/mol. The van der Waals surface area contributed by atoms with Gasteiger partial charge in [-0.05, 0) is 32.4 Å². The van der Waals surface area contributed by atoms with Crippen molar-refractivity contribution in [2.24, 2.45) is 0 Å². The van der Waals surface area contributed by atoms with Crippen molar-refractivity contribution in [3.8, 4) is 5.75 Å². The van der Waals surface area contributed by atoms with Crippen LogP contribution in [0.2, 0.25) is 0 Å². The Morgan fingerprint density at radius 2 is 1.89 bits per heavy atom. The molecule has 0 aliphatic carbocycles. The fourth-order valence-corrected chi connectivity index (χ4v) is 4.04. The molecule has 0 fully saturated rings. The van der Waals surface area contributed by atoms with E-state index in [1.165, 1.54) is 28.2 Å². The molecular weight excluding hydrogens is 380 g/mol. The maximum absolute atomic E-state index is 12.5. The first kappa shape index (κ1) is 19.4. The Balaban J connectivity index is 1.60. The molecule has 3 aromatic rings. The van der Waals surface area contributed by atoms with Gasteiger partial charge in [-0.15, -0.1) is 21.5 Å². The first-order valence-electron chi connectivity index (χ1n) is 8.84. The summed E-state index contributed by atoms with van der Waals surface area (Å²) in [6, 6.07) is 7.85. The van der Waals surface area contributed by atoms with Crippen LogP contribution in [0, 0.1) is 13.8 Å². The molecule has 0 bridgehead atoms. The third-order valence-electron chi connectivity index (χ3n) is 3.86. The van der Waals surface area contributed by atoms with E-state index in [0.717, 1.165) is 35.0 Å². The zero-order valence-corrected chi connectivity index (χ0v) is 17.2. The number of rotatable bonds is 8. The minimum Gasteiger partial charge on any atom is -0.486 e. The predicted octanol–water partition coefficient (Wildman–Crippen LogP) is 4.79. The van der Waals surface area contributed by atoms with E-state index in [9.17, 15) is 4.79 Å². The lowest BCUT2D eigenvalue weighted by Gasteiger charge is -2.03. The van der Waals surface area contributed by atoms with Crippen molar-refractivity contribution in [2.75, 3.05) is 5.32 Å². The van der Waals surface area contributed by atoms with Crippen LogP contribution >= 0.6 is 22.7 Å². The van der Waals surface area contributed by atoms with Crippen LogP contribution in [0.4, 0.5) is 5.13 Å². The lowest BCUT2D eigenvalue weighted by molar-refractivity contribution is 0.102. The number of carbonyl (C=O) groups excluding carboxylic acids is 1. The first-order chi connectivity index (χ1) is 13.0. The topological polar surface area (TPSA) is 77.0 Å². The van der Waals surface area contributed by atoms with Crippen LogP contribution < -0.4 is 10.1 Å². The molecule has 8 heteroatoms. The zero-order chi connectivity index (χ0) is 19.2. The van der Waals surface area contributed by atoms with Crippen molar-refractivity contribution in [1.29, 1.82) is 0 Å². The van der Waals surface area contributed by atoms with E-state index in [4.69, 9.17) is 4.74 Å². The largest absolute Gasteiger partial charge is 0.486 e. The summed E-state index contributed by atoms with van der Waals surface area (Å²) in [5.41, 5.74) is 1.87. The number of unbranched alkanes of at least 4 members (excludes halogenated alkanes) is 1. The Hall–Kier alpha value is -2.32. The quantitative estimate of drug-likeness (QED) is 0.586. The highest BCUT2D eigenvalue weighted by atomic mass is 32.1. The van der Waals surface area contributed by atoms with E-state index in [0.29, 0.717) is 22.3 Å². The van der Waals surface area contributed by atoms with Crippen molar-refractivity contribution in [1.82, 2.24) is 15.2 Å². The maximum Gasteiger partial charge on any atom is 0.269 e. The third-order valence-corrected chi connectivity index (χ3v) is 5.89. The van der Waals surface area contributed by atoms with Gasteiger partial charge in [0.1, 0.15) is 27.2 Å². The maximum atomic E-state index is 12.5. The fourth-order valence-electron chi connectivity index (χ4n) is 2.39. The molecule has 0 aliphatic heterocycles. The summed E-state index contributed by atoms with van der Waals surface area (Å²) in [6.45, 7) is 6.33. The van der Waals surface area contributed by atoms with Crippen molar-refractivity contribution in [2.45, 2.75) is 46.6 Å². The van der Waals surface area contributed by atoms with E-state index >= 15 is 0 Å². The molecule has 1 aromatic carbocycles. The summed E-state index contributed by atoms with van der Waals surface area (Å²) >= 11 is 2.76. The second-order valence-corrected chi connectivity index (χ2v) is 8.33. The van der Waals surface area contributed by atoms with Gasteiger partial charge in [0.2, 0.25) is 5.13 Å². The number of carbonyl (C=O) groups is 1. The number of nitrogens with one attached hydrogen (secondary N) is 1.